The molecule has 1 saturated carbocycles. The van der Waals surface area contributed by atoms with Gasteiger partial charge >= 0.3 is 0 Å². The fourth-order valence-electron chi connectivity index (χ4n) is 2.15. The minimum absolute atomic E-state index is 0.269. The Morgan fingerprint density at radius 3 is 2.90 bits per heavy atom. The van der Waals surface area contributed by atoms with Gasteiger partial charge in [-0.3, -0.25) is 4.68 Å². The van der Waals surface area contributed by atoms with Gasteiger partial charge in [0.05, 0.1) is 18.8 Å². The lowest BCUT2D eigenvalue weighted by atomic mass is 10.2. The molecule has 6 heteroatoms. The maximum absolute atomic E-state index is 5.26. The maximum Gasteiger partial charge on any atom is 0.240 e. The van der Waals surface area contributed by atoms with E-state index in [4.69, 9.17) is 4.52 Å². The summed E-state index contributed by atoms with van der Waals surface area (Å²) in [6.07, 6.45) is 6.32. The number of rotatable bonds is 6. The smallest absolute Gasteiger partial charge is 0.240 e. The van der Waals surface area contributed by atoms with Crippen LogP contribution in [0.25, 0.3) is 0 Å². The molecule has 2 heterocycles. The predicted molar refractivity (Wildman–Crippen MR) is 74.2 cm³/mol. The molecular formula is C14H21N5O. The summed E-state index contributed by atoms with van der Waals surface area (Å²) < 4.78 is 7.24. The highest BCUT2D eigenvalue weighted by Crippen LogP contribution is 2.38. The van der Waals surface area contributed by atoms with Crippen LogP contribution in [0.3, 0.4) is 0 Å². The molecule has 0 aliphatic heterocycles. The normalized spacial score (nSPS) is 18.1. The van der Waals surface area contributed by atoms with Crippen LogP contribution in [-0.4, -0.2) is 26.0 Å². The van der Waals surface area contributed by atoms with Crippen LogP contribution in [0.5, 0.6) is 0 Å². The number of nitrogens with one attached hydrogen (secondary N) is 1. The van der Waals surface area contributed by atoms with Crippen molar-refractivity contribution in [2.24, 2.45) is 0 Å². The summed E-state index contributed by atoms with van der Waals surface area (Å²) in [5.41, 5.74) is 1.18. The molecule has 1 fully saturated rings. The lowest BCUT2D eigenvalue weighted by molar-refractivity contribution is 0.323. The van der Waals surface area contributed by atoms with E-state index in [1.54, 1.807) is 0 Å². The van der Waals surface area contributed by atoms with Gasteiger partial charge < -0.3 is 9.84 Å². The highest BCUT2D eigenvalue weighted by Gasteiger charge is 2.28. The molecule has 2 unspecified atom stereocenters. The number of aryl methyl sites for hydroxylation is 1. The van der Waals surface area contributed by atoms with Gasteiger partial charge in [-0.15, -0.1) is 0 Å². The van der Waals surface area contributed by atoms with Gasteiger partial charge in [-0.2, -0.15) is 10.1 Å². The van der Waals surface area contributed by atoms with Crippen LogP contribution in [0.4, 0.5) is 0 Å². The lowest BCUT2D eigenvalue weighted by Gasteiger charge is -2.20. The number of nitrogens with zero attached hydrogens (tertiary/aromatic N) is 4. The van der Waals surface area contributed by atoms with E-state index in [0.717, 1.165) is 5.82 Å². The van der Waals surface area contributed by atoms with Crippen molar-refractivity contribution in [3.63, 3.8) is 0 Å². The van der Waals surface area contributed by atoms with E-state index in [9.17, 15) is 0 Å². The van der Waals surface area contributed by atoms with Crippen LogP contribution in [0, 0.1) is 6.92 Å². The van der Waals surface area contributed by atoms with E-state index in [2.05, 4.69) is 40.6 Å². The standard InChI is InChI=1S/C14H21N5O/c1-9-6-16-19(8-9)11(3)10(2)15-7-13-17-14(18-20-13)12-4-5-12/h6,8,10-12,15H,4-5,7H2,1-3H3. The summed E-state index contributed by atoms with van der Waals surface area (Å²) in [4.78, 5) is 4.42. The third-order valence-electron chi connectivity index (χ3n) is 3.87. The summed E-state index contributed by atoms with van der Waals surface area (Å²) >= 11 is 0. The average Bonchev–Trinajstić information content (AvgIpc) is 3.03. The Balaban J connectivity index is 1.53. The van der Waals surface area contributed by atoms with Gasteiger partial charge in [0.25, 0.3) is 0 Å². The zero-order valence-electron chi connectivity index (χ0n) is 12.2. The summed E-state index contributed by atoms with van der Waals surface area (Å²) in [5, 5.41) is 11.8. The van der Waals surface area contributed by atoms with Gasteiger partial charge in [0, 0.05) is 18.2 Å². The van der Waals surface area contributed by atoms with Gasteiger partial charge in [-0.1, -0.05) is 5.16 Å². The molecule has 2 atom stereocenters. The quantitative estimate of drug-likeness (QED) is 0.875. The SMILES string of the molecule is Cc1cnn(C(C)C(C)NCc2nc(C3CC3)no2)c1. The van der Waals surface area contributed by atoms with E-state index in [1.165, 1.54) is 18.4 Å². The summed E-state index contributed by atoms with van der Waals surface area (Å²) in [6.45, 7) is 6.94. The molecule has 3 rings (SSSR count). The number of hydrogen-bond acceptors (Lipinski definition) is 5. The number of hydrogen-bond donors (Lipinski definition) is 1. The molecule has 0 aromatic carbocycles. The van der Waals surface area contributed by atoms with Gasteiger partial charge in [0.2, 0.25) is 5.89 Å². The summed E-state index contributed by atoms with van der Waals surface area (Å²) in [6, 6.07) is 0.542. The molecular weight excluding hydrogens is 254 g/mol. The van der Waals surface area contributed by atoms with Crippen LogP contribution in [0.1, 0.15) is 55.9 Å². The van der Waals surface area contributed by atoms with Crippen LogP contribution >= 0.6 is 0 Å². The maximum atomic E-state index is 5.26. The molecule has 0 amide bonds. The zero-order chi connectivity index (χ0) is 14.1. The minimum Gasteiger partial charge on any atom is -0.338 e. The predicted octanol–water partition coefficient (Wildman–Crippen LogP) is 2.19. The summed E-state index contributed by atoms with van der Waals surface area (Å²) in [5.74, 6) is 2.07. The van der Waals surface area contributed by atoms with Crippen molar-refractivity contribution < 1.29 is 4.52 Å². The van der Waals surface area contributed by atoms with Crippen molar-refractivity contribution >= 4 is 0 Å². The lowest BCUT2D eigenvalue weighted by Crippen LogP contribution is -2.33. The van der Waals surface area contributed by atoms with E-state index >= 15 is 0 Å². The van der Waals surface area contributed by atoms with Gasteiger partial charge in [0.1, 0.15) is 0 Å². The topological polar surface area (TPSA) is 68.8 Å². The van der Waals surface area contributed by atoms with Crippen LogP contribution in [-0.2, 0) is 6.54 Å². The van der Waals surface area contributed by atoms with Crippen molar-refractivity contribution in [3.8, 4) is 0 Å². The Hall–Kier alpha value is -1.69. The first-order valence-electron chi connectivity index (χ1n) is 7.20. The van der Waals surface area contributed by atoms with Crippen molar-refractivity contribution in [2.45, 2.75) is 58.2 Å². The Kier molecular flexibility index (Phi) is 3.56. The largest absolute Gasteiger partial charge is 0.338 e. The first kappa shape index (κ1) is 13.3. The monoisotopic (exact) mass is 275 g/mol. The second kappa shape index (κ2) is 5.36. The van der Waals surface area contributed by atoms with E-state index in [1.807, 2.05) is 17.8 Å². The first-order chi connectivity index (χ1) is 9.63. The molecule has 2 aromatic rings. The zero-order valence-corrected chi connectivity index (χ0v) is 12.2. The molecule has 0 bridgehead atoms. The molecule has 20 heavy (non-hydrogen) atoms. The van der Waals surface area contributed by atoms with E-state index in [0.29, 0.717) is 18.4 Å². The number of aromatic nitrogens is 4. The Labute approximate surface area is 118 Å². The van der Waals surface area contributed by atoms with Crippen LogP contribution in [0.2, 0.25) is 0 Å². The third-order valence-corrected chi connectivity index (χ3v) is 3.87. The van der Waals surface area contributed by atoms with Gasteiger partial charge in [-0.25, -0.2) is 0 Å². The highest BCUT2D eigenvalue weighted by atomic mass is 16.5. The van der Waals surface area contributed by atoms with Crippen molar-refractivity contribution in [1.29, 1.82) is 0 Å². The molecule has 6 nitrogen and oxygen atoms in total. The highest BCUT2D eigenvalue weighted by molar-refractivity contribution is 5.03. The molecule has 0 spiro atoms. The molecule has 1 aliphatic rings. The van der Waals surface area contributed by atoms with Crippen molar-refractivity contribution in [1.82, 2.24) is 25.2 Å². The average molecular weight is 275 g/mol. The molecule has 0 saturated heterocycles. The van der Waals surface area contributed by atoms with Crippen molar-refractivity contribution in [3.05, 3.63) is 29.7 Å². The molecule has 1 N–H and O–H groups in total. The fourth-order valence-corrected chi connectivity index (χ4v) is 2.15. The Morgan fingerprint density at radius 2 is 2.25 bits per heavy atom. The van der Waals surface area contributed by atoms with E-state index in [-0.39, 0.29) is 12.1 Å². The van der Waals surface area contributed by atoms with E-state index < -0.39 is 0 Å². The molecule has 1 aliphatic carbocycles. The minimum atomic E-state index is 0.269. The second-order valence-corrected chi connectivity index (χ2v) is 5.73. The van der Waals surface area contributed by atoms with Crippen LogP contribution in [0.15, 0.2) is 16.9 Å². The van der Waals surface area contributed by atoms with Crippen molar-refractivity contribution in [2.75, 3.05) is 0 Å². The van der Waals surface area contributed by atoms with Gasteiger partial charge in [0.15, 0.2) is 5.82 Å². The first-order valence-corrected chi connectivity index (χ1v) is 7.20. The second-order valence-electron chi connectivity index (χ2n) is 5.73. The molecule has 2 aromatic heterocycles. The Morgan fingerprint density at radius 1 is 1.45 bits per heavy atom. The summed E-state index contributed by atoms with van der Waals surface area (Å²) in [7, 11) is 0. The van der Waals surface area contributed by atoms with Gasteiger partial charge in [-0.05, 0) is 39.2 Å². The third kappa shape index (κ3) is 2.90. The van der Waals surface area contributed by atoms with Crippen LogP contribution < -0.4 is 5.32 Å². The molecule has 0 radical (unpaired) electrons. The molecule has 108 valence electrons. The fraction of sp³-hybridized carbons (Fsp3) is 0.643. The Bertz CT molecular complexity index is 572.